The lowest BCUT2D eigenvalue weighted by Crippen LogP contribution is -2.33. The number of ether oxygens (including phenoxy) is 1. The lowest BCUT2D eigenvalue weighted by atomic mass is 10.0. The third-order valence-corrected chi connectivity index (χ3v) is 5.52. The fourth-order valence-corrected chi connectivity index (χ4v) is 4.23. The first kappa shape index (κ1) is 19.2. The van der Waals surface area contributed by atoms with Crippen LogP contribution in [-0.2, 0) is 4.74 Å². The fraction of sp³-hybridized carbons (Fsp3) is 0.105. The molecule has 0 aliphatic rings. The van der Waals surface area contributed by atoms with Crippen LogP contribution in [0.15, 0.2) is 53.2 Å². The Bertz CT molecular complexity index is 950. The van der Waals surface area contributed by atoms with E-state index in [9.17, 15) is 9.59 Å². The minimum Gasteiger partial charge on any atom is -0.462 e. The van der Waals surface area contributed by atoms with E-state index in [4.69, 9.17) is 17.0 Å². The zero-order valence-electron chi connectivity index (χ0n) is 14.4. The van der Waals surface area contributed by atoms with E-state index in [2.05, 4.69) is 10.6 Å². The molecular weight excluding hydrogens is 400 g/mol. The van der Waals surface area contributed by atoms with E-state index < -0.39 is 5.97 Å². The number of hydrogen-bond acceptors (Lipinski definition) is 6. The average molecular weight is 417 g/mol. The molecule has 0 unspecified atom stereocenters. The summed E-state index contributed by atoms with van der Waals surface area (Å²) >= 11 is 7.89. The summed E-state index contributed by atoms with van der Waals surface area (Å²) in [4.78, 5) is 25.2. The predicted octanol–water partition coefficient (Wildman–Crippen LogP) is 4.78. The number of carbonyl (C=O) groups is 2. The molecule has 0 saturated heterocycles. The average Bonchev–Trinajstić information content (AvgIpc) is 3.32. The van der Waals surface area contributed by atoms with Crippen molar-refractivity contribution in [3.8, 4) is 11.1 Å². The number of thiophene rings is 2. The van der Waals surface area contributed by atoms with Gasteiger partial charge < -0.3 is 10.1 Å². The molecule has 0 bridgehead atoms. The molecule has 0 radical (unpaired) electrons. The topological polar surface area (TPSA) is 67.4 Å². The highest BCUT2D eigenvalue weighted by atomic mass is 32.1. The number of carbonyl (C=O) groups excluding carboxylic acids is 2. The van der Waals surface area contributed by atoms with Crippen LogP contribution in [0.3, 0.4) is 0 Å². The molecule has 1 amide bonds. The Morgan fingerprint density at radius 1 is 1.11 bits per heavy atom. The van der Waals surface area contributed by atoms with Crippen molar-refractivity contribution in [1.82, 2.24) is 5.32 Å². The molecule has 5 nitrogen and oxygen atoms in total. The van der Waals surface area contributed by atoms with Crippen molar-refractivity contribution in [1.29, 1.82) is 0 Å². The number of amides is 1. The van der Waals surface area contributed by atoms with Crippen molar-refractivity contribution in [2.45, 2.75) is 6.92 Å². The highest BCUT2D eigenvalue weighted by molar-refractivity contribution is 7.80. The molecule has 2 heterocycles. The van der Waals surface area contributed by atoms with Gasteiger partial charge in [0.05, 0.1) is 11.5 Å². The van der Waals surface area contributed by atoms with E-state index in [1.807, 2.05) is 41.1 Å². The minimum absolute atomic E-state index is 0.125. The van der Waals surface area contributed by atoms with E-state index in [-0.39, 0.29) is 17.6 Å². The number of nitrogens with one attached hydrogen (secondary N) is 2. The van der Waals surface area contributed by atoms with Crippen molar-refractivity contribution in [2.75, 3.05) is 11.9 Å². The molecule has 138 valence electrons. The lowest BCUT2D eigenvalue weighted by molar-refractivity contribution is 0.0529. The maximum absolute atomic E-state index is 12.5. The Morgan fingerprint density at radius 3 is 2.56 bits per heavy atom. The van der Waals surface area contributed by atoms with E-state index in [1.54, 1.807) is 19.1 Å². The number of rotatable bonds is 5. The number of esters is 1. The maximum atomic E-state index is 12.5. The van der Waals surface area contributed by atoms with E-state index in [0.717, 1.165) is 11.1 Å². The zero-order chi connectivity index (χ0) is 19.2. The van der Waals surface area contributed by atoms with Gasteiger partial charge in [0.2, 0.25) is 0 Å². The van der Waals surface area contributed by atoms with Crippen LogP contribution >= 0.6 is 34.9 Å². The van der Waals surface area contributed by atoms with Crippen LogP contribution in [0.2, 0.25) is 0 Å². The van der Waals surface area contributed by atoms with Crippen LogP contribution in [0.1, 0.15) is 27.0 Å². The Hall–Kier alpha value is -2.55. The molecule has 0 saturated carbocycles. The summed E-state index contributed by atoms with van der Waals surface area (Å²) in [6, 6.07) is 13.1. The van der Waals surface area contributed by atoms with Gasteiger partial charge in [-0.1, -0.05) is 36.4 Å². The number of thiocarbonyl (C=S) groups is 1. The number of hydrogen-bond donors (Lipinski definition) is 2. The number of anilines is 1. The second-order valence-corrected chi connectivity index (χ2v) is 7.56. The first-order valence-electron chi connectivity index (χ1n) is 8.10. The van der Waals surface area contributed by atoms with E-state index >= 15 is 0 Å². The van der Waals surface area contributed by atoms with Crippen molar-refractivity contribution < 1.29 is 14.3 Å². The van der Waals surface area contributed by atoms with Crippen LogP contribution in [-0.4, -0.2) is 23.6 Å². The van der Waals surface area contributed by atoms with Crippen LogP contribution in [0.4, 0.5) is 5.00 Å². The van der Waals surface area contributed by atoms with Gasteiger partial charge in [-0.15, -0.1) is 22.7 Å². The quantitative estimate of drug-likeness (QED) is 0.463. The van der Waals surface area contributed by atoms with E-state index in [1.165, 1.54) is 22.7 Å². The molecule has 0 atom stereocenters. The molecule has 2 N–H and O–H groups in total. The van der Waals surface area contributed by atoms with Gasteiger partial charge in [-0.05, 0) is 36.2 Å². The lowest BCUT2D eigenvalue weighted by Gasteiger charge is -2.10. The minimum atomic E-state index is -0.438. The molecule has 3 rings (SSSR count). The summed E-state index contributed by atoms with van der Waals surface area (Å²) < 4.78 is 5.21. The van der Waals surface area contributed by atoms with Gasteiger partial charge >= 0.3 is 5.97 Å². The smallest absolute Gasteiger partial charge is 0.341 e. The maximum Gasteiger partial charge on any atom is 0.341 e. The van der Waals surface area contributed by atoms with Crippen LogP contribution in [0, 0.1) is 0 Å². The van der Waals surface area contributed by atoms with Gasteiger partial charge in [0.25, 0.3) is 5.91 Å². The van der Waals surface area contributed by atoms with Crippen molar-refractivity contribution in [3.05, 3.63) is 63.7 Å². The Morgan fingerprint density at radius 2 is 1.89 bits per heavy atom. The second-order valence-electron chi connectivity index (χ2n) is 5.33. The molecule has 0 aliphatic heterocycles. The standard InChI is InChI=1S/C19H16N2O3S3/c1-2-24-18(23)15-13(12-7-4-3-5-8-12)11-27-17(15)21-19(25)20-16(22)14-9-6-10-26-14/h3-11H,2H2,1H3,(H2,20,21,22,25). The largest absolute Gasteiger partial charge is 0.462 e. The Balaban J connectivity index is 1.84. The van der Waals surface area contributed by atoms with Gasteiger partial charge in [0.15, 0.2) is 5.11 Å². The molecule has 8 heteroatoms. The van der Waals surface area contributed by atoms with Crippen LogP contribution < -0.4 is 10.6 Å². The van der Waals surface area contributed by atoms with Gasteiger partial charge in [0, 0.05) is 10.9 Å². The first-order valence-corrected chi connectivity index (χ1v) is 10.3. The molecule has 0 spiro atoms. The van der Waals surface area contributed by atoms with E-state index in [0.29, 0.717) is 15.4 Å². The van der Waals surface area contributed by atoms with Crippen molar-refractivity contribution >= 4 is 56.9 Å². The molecule has 2 aromatic heterocycles. The van der Waals surface area contributed by atoms with Gasteiger partial charge in [-0.25, -0.2) is 4.79 Å². The summed E-state index contributed by atoms with van der Waals surface area (Å²) in [6.45, 7) is 2.02. The molecule has 1 aromatic carbocycles. The summed E-state index contributed by atoms with van der Waals surface area (Å²) in [7, 11) is 0. The predicted molar refractivity (Wildman–Crippen MR) is 114 cm³/mol. The van der Waals surface area contributed by atoms with Crippen molar-refractivity contribution in [3.63, 3.8) is 0 Å². The van der Waals surface area contributed by atoms with Crippen LogP contribution in [0.5, 0.6) is 0 Å². The Kier molecular flexibility index (Phi) is 6.33. The summed E-state index contributed by atoms with van der Waals surface area (Å²) in [5, 5.41) is 9.92. The first-order chi connectivity index (χ1) is 13.1. The van der Waals surface area contributed by atoms with Crippen LogP contribution in [0.25, 0.3) is 11.1 Å². The molecular formula is C19H16N2O3S3. The normalized spacial score (nSPS) is 10.3. The molecule has 0 aliphatic carbocycles. The Labute approximate surface area is 170 Å². The third kappa shape index (κ3) is 4.60. The highest BCUT2D eigenvalue weighted by Crippen LogP contribution is 2.36. The van der Waals surface area contributed by atoms with Crippen molar-refractivity contribution in [2.24, 2.45) is 0 Å². The van der Waals surface area contributed by atoms with Gasteiger partial charge in [-0.2, -0.15) is 0 Å². The zero-order valence-corrected chi connectivity index (χ0v) is 16.8. The second kappa shape index (κ2) is 8.90. The number of benzene rings is 1. The third-order valence-electron chi connectivity index (χ3n) is 3.55. The summed E-state index contributed by atoms with van der Waals surface area (Å²) in [6.07, 6.45) is 0. The highest BCUT2D eigenvalue weighted by Gasteiger charge is 2.22. The molecule has 0 fully saturated rings. The summed E-state index contributed by atoms with van der Waals surface area (Å²) in [5.74, 6) is -0.729. The molecule has 3 aromatic rings. The monoisotopic (exact) mass is 416 g/mol. The van der Waals surface area contributed by atoms with Gasteiger partial charge in [-0.3, -0.25) is 10.1 Å². The van der Waals surface area contributed by atoms with Gasteiger partial charge in [0.1, 0.15) is 10.6 Å². The summed E-state index contributed by atoms with van der Waals surface area (Å²) in [5.41, 5.74) is 2.06. The fourth-order valence-electron chi connectivity index (χ4n) is 2.39. The molecule has 27 heavy (non-hydrogen) atoms. The SMILES string of the molecule is CCOC(=O)c1c(-c2ccccc2)csc1NC(=S)NC(=O)c1cccs1.